The van der Waals surface area contributed by atoms with E-state index in [2.05, 4.69) is 5.32 Å². The molecule has 2 rings (SSSR count). The normalized spacial score (nSPS) is 16.5. The summed E-state index contributed by atoms with van der Waals surface area (Å²) in [5.41, 5.74) is 7.65. The quantitative estimate of drug-likeness (QED) is 0.585. The van der Waals surface area contributed by atoms with Crippen molar-refractivity contribution in [3.05, 3.63) is 24.3 Å². The largest absolute Gasteiger partial charge is 0.399 e. The van der Waals surface area contributed by atoms with E-state index in [0.717, 1.165) is 18.2 Å². The number of anilines is 2. The average molecular weight is 218 g/mol. The Bertz CT molecular complexity index is 299. The maximum atomic E-state index is 5.64. The molecule has 0 heterocycles. The summed E-state index contributed by atoms with van der Waals surface area (Å²) in [6.07, 6.45) is 8.51. The van der Waals surface area contributed by atoms with Gasteiger partial charge in [-0.1, -0.05) is 25.7 Å². The lowest BCUT2D eigenvalue weighted by Gasteiger charge is -2.10. The van der Waals surface area contributed by atoms with Gasteiger partial charge in [0.15, 0.2) is 0 Å². The fourth-order valence-electron chi connectivity index (χ4n) is 2.52. The second kappa shape index (κ2) is 5.78. The van der Waals surface area contributed by atoms with Gasteiger partial charge in [-0.3, -0.25) is 0 Å². The minimum absolute atomic E-state index is 0.830. The van der Waals surface area contributed by atoms with Crippen LogP contribution in [-0.2, 0) is 0 Å². The van der Waals surface area contributed by atoms with E-state index in [4.69, 9.17) is 5.73 Å². The Morgan fingerprint density at radius 2 is 1.81 bits per heavy atom. The summed E-state index contributed by atoms with van der Waals surface area (Å²) in [7, 11) is 0. The van der Waals surface area contributed by atoms with Gasteiger partial charge in [0.25, 0.3) is 0 Å². The highest BCUT2D eigenvalue weighted by molar-refractivity contribution is 5.51. The molecule has 88 valence electrons. The summed E-state index contributed by atoms with van der Waals surface area (Å²) in [5.74, 6) is 1.01. The number of nitrogens with two attached hydrogens (primary N) is 1. The lowest BCUT2D eigenvalue weighted by molar-refractivity contribution is 0.491. The Labute approximate surface area is 98.2 Å². The van der Waals surface area contributed by atoms with Crippen molar-refractivity contribution < 1.29 is 0 Å². The molecule has 0 atom stereocenters. The van der Waals surface area contributed by atoms with Crippen LogP contribution in [-0.4, -0.2) is 6.54 Å². The molecule has 0 aromatic heterocycles. The molecule has 1 aromatic carbocycles. The zero-order chi connectivity index (χ0) is 11.2. The number of nitrogens with one attached hydrogen (secondary N) is 1. The molecule has 1 aliphatic carbocycles. The molecule has 0 saturated heterocycles. The van der Waals surface area contributed by atoms with E-state index < -0.39 is 0 Å². The number of rotatable bonds is 5. The average Bonchev–Trinajstić information content (AvgIpc) is 2.80. The molecule has 1 fully saturated rings. The van der Waals surface area contributed by atoms with Crippen LogP contribution in [0.5, 0.6) is 0 Å². The third-order valence-corrected chi connectivity index (χ3v) is 3.50. The first kappa shape index (κ1) is 11.3. The standard InChI is InChI=1S/C14H22N2/c15-13-7-9-14(10-8-13)16-11-3-6-12-4-1-2-5-12/h7-10,12,16H,1-6,11,15H2. The van der Waals surface area contributed by atoms with Crippen molar-refractivity contribution in [2.75, 3.05) is 17.6 Å². The van der Waals surface area contributed by atoms with Crippen molar-refractivity contribution in [1.82, 2.24) is 0 Å². The summed E-state index contributed by atoms with van der Waals surface area (Å²) in [5, 5.41) is 3.44. The number of benzene rings is 1. The van der Waals surface area contributed by atoms with Crippen LogP contribution in [0.2, 0.25) is 0 Å². The van der Waals surface area contributed by atoms with Crippen LogP contribution < -0.4 is 11.1 Å². The summed E-state index contributed by atoms with van der Waals surface area (Å²) in [6, 6.07) is 7.98. The van der Waals surface area contributed by atoms with Crippen LogP contribution in [0.15, 0.2) is 24.3 Å². The minimum Gasteiger partial charge on any atom is -0.399 e. The Morgan fingerprint density at radius 3 is 2.50 bits per heavy atom. The first-order valence-corrected chi connectivity index (χ1v) is 6.44. The van der Waals surface area contributed by atoms with Crippen molar-refractivity contribution >= 4 is 11.4 Å². The van der Waals surface area contributed by atoms with Gasteiger partial charge in [-0.2, -0.15) is 0 Å². The molecule has 0 aliphatic heterocycles. The Hall–Kier alpha value is -1.18. The molecule has 1 saturated carbocycles. The predicted octanol–water partition coefficient (Wildman–Crippen LogP) is 3.65. The van der Waals surface area contributed by atoms with Gasteiger partial charge in [-0.25, -0.2) is 0 Å². The molecule has 1 aromatic rings. The lowest BCUT2D eigenvalue weighted by Crippen LogP contribution is -2.04. The molecule has 0 amide bonds. The highest BCUT2D eigenvalue weighted by Crippen LogP contribution is 2.28. The third-order valence-electron chi connectivity index (χ3n) is 3.50. The van der Waals surface area contributed by atoms with Gasteiger partial charge < -0.3 is 11.1 Å². The van der Waals surface area contributed by atoms with Crippen molar-refractivity contribution in [3.8, 4) is 0 Å². The van der Waals surface area contributed by atoms with Crippen LogP contribution in [0.25, 0.3) is 0 Å². The van der Waals surface area contributed by atoms with Crippen LogP contribution in [0, 0.1) is 5.92 Å². The van der Waals surface area contributed by atoms with E-state index in [1.165, 1.54) is 44.2 Å². The monoisotopic (exact) mass is 218 g/mol. The zero-order valence-electron chi connectivity index (χ0n) is 9.91. The van der Waals surface area contributed by atoms with Crippen LogP contribution >= 0.6 is 0 Å². The van der Waals surface area contributed by atoms with E-state index in [0.29, 0.717) is 0 Å². The second-order valence-electron chi connectivity index (χ2n) is 4.84. The molecule has 0 spiro atoms. The Morgan fingerprint density at radius 1 is 1.12 bits per heavy atom. The van der Waals surface area contributed by atoms with Gasteiger partial charge in [0.2, 0.25) is 0 Å². The second-order valence-corrected chi connectivity index (χ2v) is 4.84. The third kappa shape index (κ3) is 3.44. The predicted molar refractivity (Wildman–Crippen MR) is 70.5 cm³/mol. The summed E-state index contributed by atoms with van der Waals surface area (Å²) >= 11 is 0. The van der Waals surface area contributed by atoms with Gasteiger partial charge >= 0.3 is 0 Å². The maximum Gasteiger partial charge on any atom is 0.0341 e. The lowest BCUT2D eigenvalue weighted by atomic mass is 10.0. The first-order chi connectivity index (χ1) is 7.84. The van der Waals surface area contributed by atoms with Gasteiger partial charge in [-0.05, 0) is 43.0 Å². The van der Waals surface area contributed by atoms with Crippen LogP contribution in [0.3, 0.4) is 0 Å². The van der Waals surface area contributed by atoms with Crippen molar-refractivity contribution in [1.29, 1.82) is 0 Å². The highest BCUT2D eigenvalue weighted by Gasteiger charge is 2.13. The van der Waals surface area contributed by atoms with Crippen LogP contribution in [0.1, 0.15) is 38.5 Å². The fourth-order valence-corrected chi connectivity index (χ4v) is 2.52. The van der Waals surface area contributed by atoms with E-state index in [1.807, 2.05) is 24.3 Å². The van der Waals surface area contributed by atoms with Crippen molar-refractivity contribution in [3.63, 3.8) is 0 Å². The molecule has 3 N–H and O–H groups in total. The molecular weight excluding hydrogens is 196 g/mol. The van der Waals surface area contributed by atoms with E-state index in [-0.39, 0.29) is 0 Å². The van der Waals surface area contributed by atoms with E-state index in [9.17, 15) is 0 Å². The number of hydrogen-bond donors (Lipinski definition) is 2. The molecule has 0 bridgehead atoms. The van der Waals surface area contributed by atoms with Crippen LogP contribution in [0.4, 0.5) is 11.4 Å². The summed E-state index contributed by atoms with van der Waals surface area (Å²) in [6.45, 7) is 1.08. The fraction of sp³-hybridized carbons (Fsp3) is 0.571. The smallest absolute Gasteiger partial charge is 0.0341 e. The van der Waals surface area contributed by atoms with Gasteiger partial charge in [0.1, 0.15) is 0 Å². The van der Waals surface area contributed by atoms with E-state index in [1.54, 1.807) is 0 Å². The van der Waals surface area contributed by atoms with Gasteiger partial charge in [0.05, 0.1) is 0 Å². The minimum atomic E-state index is 0.830. The Kier molecular flexibility index (Phi) is 4.09. The van der Waals surface area contributed by atoms with Crippen molar-refractivity contribution in [2.45, 2.75) is 38.5 Å². The molecule has 0 radical (unpaired) electrons. The molecule has 1 aliphatic rings. The summed E-state index contributed by atoms with van der Waals surface area (Å²) in [4.78, 5) is 0. The first-order valence-electron chi connectivity index (χ1n) is 6.44. The molecular formula is C14H22N2. The topological polar surface area (TPSA) is 38.0 Å². The summed E-state index contributed by atoms with van der Waals surface area (Å²) < 4.78 is 0. The SMILES string of the molecule is Nc1ccc(NCCCC2CCCC2)cc1. The number of nitrogen functional groups attached to an aromatic ring is 1. The molecule has 0 unspecified atom stereocenters. The van der Waals surface area contributed by atoms with Crippen molar-refractivity contribution in [2.24, 2.45) is 5.92 Å². The van der Waals surface area contributed by atoms with Gasteiger partial charge in [0, 0.05) is 17.9 Å². The zero-order valence-corrected chi connectivity index (χ0v) is 9.91. The highest BCUT2D eigenvalue weighted by atomic mass is 14.9. The van der Waals surface area contributed by atoms with Gasteiger partial charge in [-0.15, -0.1) is 0 Å². The maximum absolute atomic E-state index is 5.64. The molecule has 2 nitrogen and oxygen atoms in total. The Balaban J connectivity index is 1.62. The molecule has 2 heteroatoms. The van der Waals surface area contributed by atoms with E-state index >= 15 is 0 Å². The number of hydrogen-bond acceptors (Lipinski definition) is 2. The molecule has 16 heavy (non-hydrogen) atoms.